The van der Waals surface area contributed by atoms with Crippen LogP contribution in [0.2, 0.25) is 0 Å². The summed E-state index contributed by atoms with van der Waals surface area (Å²) in [5.74, 6) is -3.01. The predicted molar refractivity (Wildman–Crippen MR) is 207 cm³/mol. The van der Waals surface area contributed by atoms with E-state index in [4.69, 9.17) is 14.2 Å². The van der Waals surface area contributed by atoms with Crippen molar-refractivity contribution < 1.29 is 32.6 Å². The summed E-state index contributed by atoms with van der Waals surface area (Å²) < 4.78 is 53.4. The maximum atomic E-state index is 16.6. The van der Waals surface area contributed by atoms with Crippen molar-refractivity contribution in [2.24, 2.45) is 4.99 Å². The second-order valence-electron chi connectivity index (χ2n) is 14.2. The highest BCUT2D eigenvalue weighted by Crippen LogP contribution is 2.37. The first-order valence-electron chi connectivity index (χ1n) is 18.3. The van der Waals surface area contributed by atoms with Crippen molar-refractivity contribution >= 4 is 40.4 Å². The summed E-state index contributed by atoms with van der Waals surface area (Å²) in [6.45, 7) is 8.94. The number of halogens is 2. The van der Waals surface area contributed by atoms with Crippen molar-refractivity contribution in [3.05, 3.63) is 96.6 Å². The monoisotopic (exact) mass is 745 g/mol. The molecule has 2 atom stereocenters. The van der Waals surface area contributed by atoms with Crippen LogP contribution in [0.4, 0.5) is 13.6 Å². The number of fused-ring (bicyclic) bond motifs is 1. The van der Waals surface area contributed by atoms with Gasteiger partial charge in [-0.3, -0.25) is 4.79 Å². The van der Waals surface area contributed by atoms with Crippen LogP contribution in [-0.2, 0) is 15.5 Å². The van der Waals surface area contributed by atoms with E-state index in [-0.39, 0.29) is 11.7 Å². The molecule has 8 nitrogen and oxygen atoms in total. The summed E-state index contributed by atoms with van der Waals surface area (Å²) in [6, 6.07) is 23.1. The topological polar surface area (TPSA) is 98.3 Å². The average molecular weight is 746 g/mol. The zero-order chi connectivity index (χ0) is 38.0. The van der Waals surface area contributed by atoms with Crippen LogP contribution in [0.5, 0.6) is 17.2 Å². The van der Waals surface area contributed by atoms with E-state index in [2.05, 4.69) is 15.0 Å². The van der Waals surface area contributed by atoms with Crippen LogP contribution in [0.25, 0.3) is 10.8 Å². The van der Waals surface area contributed by atoms with Gasteiger partial charge in [-0.15, -0.1) is 0 Å². The number of benzene rings is 4. The summed E-state index contributed by atoms with van der Waals surface area (Å²) in [6.07, 6.45) is 5.29. The van der Waals surface area contributed by atoms with Gasteiger partial charge in [0.1, 0.15) is 22.8 Å². The third kappa shape index (κ3) is 11.3. The fourth-order valence-corrected chi connectivity index (χ4v) is 6.95. The molecule has 0 aromatic heterocycles. The molecule has 0 radical (unpaired) electrons. The van der Waals surface area contributed by atoms with E-state index in [1.165, 1.54) is 37.1 Å². The molecule has 0 heterocycles. The lowest BCUT2D eigenvalue weighted by atomic mass is 10.00. The van der Waals surface area contributed by atoms with Gasteiger partial charge in [0.15, 0.2) is 6.04 Å². The van der Waals surface area contributed by atoms with Crippen molar-refractivity contribution in [2.45, 2.75) is 114 Å². The SMILES string of the molecule is CCCC(=NC(=O)C(NSc1ccc2cc(OC3CCCC3)ccc2c1)C(F)(F)c1ccc(Oc2ccccc2)cc1)C(CC)NC(=O)OC(C)(C)C. The highest BCUT2D eigenvalue weighted by Gasteiger charge is 2.46. The largest absolute Gasteiger partial charge is 0.490 e. The van der Waals surface area contributed by atoms with E-state index in [1.807, 2.05) is 68.4 Å². The number of hydrogen-bond acceptors (Lipinski definition) is 7. The fraction of sp³-hybridized carbons (Fsp3) is 0.405. The van der Waals surface area contributed by atoms with Crippen LogP contribution in [0.15, 0.2) is 101 Å². The summed E-state index contributed by atoms with van der Waals surface area (Å²) in [5.41, 5.74) is -0.833. The Balaban J connectivity index is 1.41. The maximum Gasteiger partial charge on any atom is 0.408 e. The Hall–Kier alpha value is -4.48. The maximum absolute atomic E-state index is 16.6. The van der Waals surface area contributed by atoms with Gasteiger partial charge in [-0.2, -0.15) is 8.78 Å². The summed E-state index contributed by atoms with van der Waals surface area (Å²) in [5, 5.41) is 4.63. The van der Waals surface area contributed by atoms with E-state index in [1.54, 1.807) is 32.9 Å². The van der Waals surface area contributed by atoms with Crippen LogP contribution < -0.4 is 19.5 Å². The van der Waals surface area contributed by atoms with Gasteiger partial charge in [0.25, 0.3) is 11.8 Å². The third-order valence-corrected chi connectivity index (χ3v) is 9.61. The first kappa shape index (κ1) is 39.7. The van der Waals surface area contributed by atoms with Gasteiger partial charge < -0.3 is 19.5 Å². The first-order chi connectivity index (χ1) is 25.3. The highest BCUT2D eigenvalue weighted by molar-refractivity contribution is 7.97. The van der Waals surface area contributed by atoms with Crippen molar-refractivity contribution in [1.82, 2.24) is 10.0 Å². The second-order valence-corrected chi connectivity index (χ2v) is 15.1. The smallest absolute Gasteiger partial charge is 0.408 e. The van der Waals surface area contributed by atoms with Gasteiger partial charge in [0.2, 0.25) is 0 Å². The van der Waals surface area contributed by atoms with Gasteiger partial charge in [0, 0.05) is 16.2 Å². The summed E-state index contributed by atoms with van der Waals surface area (Å²) >= 11 is 0.934. The Bertz CT molecular complexity index is 1860. The minimum atomic E-state index is -3.69. The number of alkyl carbamates (subject to hydrolysis) is 1. The summed E-state index contributed by atoms with van der Waals surface area (Å²) in [4.78, 5) is 31.6. The number of rotatable bonds is 15. The van der Waals surface area contributed by atoms with Gasteiger partial charge >= 0.3 is 6.09 Å². The molecular formula is C42H49F2N3O5S. The number of hydrogen-bond donors (Lipinski definition) is 2. The number of carbonyl (C=O) groups excluding carboxylic acids is 2. The number of amides is 2. The van der Waals surface area contributed by atoms with Crippen LogP contribution in [-0.4, -0.2) is 41.5 Å². The Morgan fingerprint density at radius 1 is 0.868 bits per heavy atom. The molecular weight excluding hydrogens is 697 g/mol. The number of nitrogens with one attached hydrogen (secondary N) is 2. The number of ether oxygens (including phenoxy) is 3. The van der Waals surface area contributed by atoms with Crippen LogP contribution in [0.3, 0.4) is 0 Å². The Morgan fingerprint density at radius 3 is 2.17 bits per heavy atom. The lowest BCUT2D eigenvalue weighted by Gasteiger charge is -2.27. The third-order valence-electron chi connectivity index (χ3n) is 8.77. The van der Waals surface area contributed by atoms with Crippen LogP contribution in [0, 0.1) is 0 Å². The number of para-hydroxylation sites is 1. The molecule has 53 heavy (non-hydrogen) atoms. The summed E-state index contributed by atoms with van der Waals surface area (Å²) in [7, 11) is 0. The van der Waals surface area contributed by atoms with E-state index in [0.717, 1.165) is 41.3 Å². The van der Waals surface area contributed by atoms with Crippen molar-refractivity contribution in [2.75, 3.05) is 0 Å². The molecule has 0 aliphatic heterocycles. The molecule has 4 aromatic rings. The zero-order valence-corrected chi connectivity index (χ0v) is 31.8. The molecule has 0 bridgehead atoms. The molecule has 2 unspecified atom stereocenters. The molecule has 11 heteroatoms. The Kier molecular flexibility index (Phi) is 13.5. The molecule has 5 rings (SSSR count). The zero-order valence-electron chi connectivity index (χ0n) is 31.0. The number of aliphatic imine (C=N–C) groups is 1. The average Bonchev–Trinajstić information content (AvgIpc) is 3.63. The standard InChI is InChI=1S/C42H49F2N3O5S/c1-6-13-37(36(7-2)46-40(49)52-41(3,4)5)45-39(48)38(42(43,44)30-20-23-33(24-21-30)50-31-14-9-8-10-15-31)47-53-35-25-19-28-26-34(22-18-29(28)27-35)51-32-16-11-12-17-32/h8-10,14-15,18-27,32,36,38,47H,6-7,11-13,16-17H2,1-5H3,(H,46,49). The normalized spacial score (nSPS) is 15.2. The Morgan fingerprint density at radius 2 is 1.51 bits per heavy atom. The number of nitrogens with zero attached hydrogens (tertiary/aromatic N) is 1. The lowest BCUT2D eigenvalue weighted by Crippen LogP contribution is -2.47. The van der Waals surface area contributed by atoms with E-state index < -0.39 is 35.6 Å². The molecule has 4 aromatic carbocycles. The Labute approximate surface area is 315 Å². The van der Waals surface area contributed by atoms with Crippen LogP contribution >= 0.6 is 11.9 Å². The highest BCUT2D eigenvalue weighted by atomic mass is 32.2. The minimum absolute atomic E-state index is 0.233. The van der Waals surface area contributed by atoms with Crippen molar-refractivity contribution in [3.63, 3.8) is 0 Å². The predicted octanol–water partition coefficient (Wildman–Crippen LogP) is 10.8. The molecule has 1 fully saturated rings. The van der Waals surface area contributed by atoms with E-state index in [9.17, 15) is 9.59 Å². The molecule has 1 aliphatic rings. The molecule has 0 saturated heterocycles. The second kappa shape index (κ2) is 18.0. The lowest BCUT2D eigenvalue weighted by molar-refractivity contribution is -0.130. The molecule has 1 saturated carbocycles. The van der Waals surface area contributed by atoms with Crippen LogP contribution in [0.1, 0.15) is 85.1 Å². The van der Waals surface area contributed by atoms with Gasteiger partial charge in [0.05, 0.1) is 12.1 Å². The van der Waals surface area contributed by atoms with Gasteiger partial charge in [-0.25, -0.2) is 14.5 Å². The minimum Gasteiger partial charge on any atom is -0.490 e. The number of carbonyl (C=O) groups is 2. The molecule has 282 valence electrons. The molecule has 0 spiro atoms. The van der Waals surface area contributed by atoms with Gasteiger partial charge in [-0.05, 0) is 143 Å². The quantitative estimate of drug-likeness (QED) is 0.0923. The molecule has 2 N–H and O–H groups in total. The van der Waals surface area contributed by atoms with E-state index in [0.29, 0.717) is 41.4 Å². The molecule has 2 amide bonds. The van der Waals surface area contributed by atoms with E-state index >= 15 is 8.78 Å². The van der Waals surface area contributed by atoms with Crippen molar-refractivity contribution in [3.8, 4) is 17.2 Å². The number of alkyl halides is 2. The fourth-order valence-electron chi connectivity index (χ4n) is 6.12. The van der Waals surface area contributed by atoms with Gasteiger partial charge in [-0.1, -0.05) is 50.6 Å². The molecule has 1 aliphatic carbocycles. The van der Waals surface area contributed by atoms with Crippen molar-refractivity contribution in [1.29, 1.82) is 0 Å². The first-order valence-corrected chi connectivity index (χ1v) is 19.1.